The SMILES string of the molecule is O=C(Nc1ccc(S(=O)(=O)N2CCCCCC2)cc1)C1CCCN(Cc2c(Cl)cccc2Cl)C1. The van der Waals surface area contributed by atoms with Crippen molar-refractivity contribution in [1.29, 1.82) is 0 Å². The molecule has 0 aromatic heterocycles. The summed E-state index contributed by atoms with van der Waals surface area (Å²) in [5.74, 6) is -0.214. The van der Waals surface area contributed by atoms with Crippen LogP contribution in [0.3, 0.4) is 0 Å². The highest BCUT2D eigenvalue weighted by molar-refractivity contribution is 7.89. The van der Waals surface area contributed by atoms with Gasteiger partial charge in [0, 0.05) is 47.5 Å². The number of amides is 1. The van der Waals surface area contributed by atoms with Crippen LogP contribution in [0.5, 0.6) is 0 Å². The Balaban J connectivity index is 1.36. The number of hydrogen-bond donors (Lipinski definition) is 1. The Hall–Kier alpha value is -1.64. The molecule has 0 saturated carbocycles. The number of anilines is 1. The summed E-state index contributed by atoms with van der Waals surface area (Å²) in [7, 11) is -3.50. The highest BCUT2D eigenvalue weighted by Crippen LogP contribution is 2.28. The quantitative estimate of drug-likeness (QED) is 0.549. The predicted molar refractivity (Wildman–Crippen MR) is 137 cm³/mol. The largest absolute Gasteiger partial charge is 0.326 e. The molecule has 1 unspecified atom stereocenters. The molecule has 4 rings (SSSR count). The standard InChI is InChI=1S/C25H31Cl2N3O3S/c26-23-8-5-9-24(27)22(23)18-29-14-6-7-19(17-29)25(31)28-20-10-12-21(13-11-20)34(32,33)30-15-3-1-2-4-16-30/h5,8-13,19H,1-4,6-7,14-18H2,(H,28,31). The Bertz CT molecular complexity index is 1080. The summed E-state index contributed by atoms with van der Waals surface area (Å²) < 4.78 is 27.5. The molecule has 34 heavy (non-hydrogen) atoms. The van der Waals surface area contributed by atoms with Crippen molar-refractivity contribution < 1.29 is 13.2 Å². The molecule has 0 spiro atoms. The lowest BCUT2D eigenvalue weighted by Gasteiger charge is -2.32. The lowest BCUT2D eigenvalue weighted by molar-refractivity contribution is -0.121. The maximum absolute atomic E-state index is 13.0. The Morgan fingerprint density at radius 2 is 1.56 bits per heavy atom. The van der Waals surface area contributed by atoms with Crippen molar-refractivity contribution in [3.8, 4) is 0 Å². The number of rotatable bonds is 6. The minimum Gasteiger partial charge on any atom is -0.326 e. The number of sulfonamides is 1. The number of benzene rings is 2. The van der Waals surface area contributed by atoms with Crippen LogP contribution in [0.2, 0.25) is 10.0 Å². The van der Waals surface area contributed by atoms with Gasteiger partial charge in [-0.2, -0.15) is 4.31 Å². The van der Waals surface area contributed by atoms with E-state index in [4.69, 9.17) is 23.2 Å². The molecule has 0 aliphatic carbocycles. The van der Waals surface area contributed by atoms with Crippen molar-refractivity contribution in [2.45, 2.75) is 50.0 Å². The zero-order valence-electron chi connectivity index (χ0n) is 19.2. The first-order valence-corrected chi connectivity index (χ1v) is 14.1. The molecule has 184 valence electrons. The van der Waals surface area contributed by atoms with Crippen LogP contribution in [0.25, 0.3) is 0 Å². The van der Waals surface area contributed by atoms with Crippen LogP contribution < -0.4 is 5.32 Å². The predicted octanol–water partition coefficient (Wildman–Crippen LogP) is 5.41. The van der Waals surface area contributed by atoms with Gasteiger partial charge in [0.15, 0.2) is 0 Å². The minimum atomic E-state index is -3.50. The number of halogens is 2. The van der Waals surface area contributed by atoms with Crippen molar-refractivity contribution >= 4 is 44.8 Å². The average molecular weight is 525 g/mol. The van der Waals surface area contributed by atoms with Gasteiger partial charge >= 0.3 is 0 Å². The number of hydrogen-bond acceptors (Lipinski definition) is 4. The summed E-state index contributed by atoms with van der Waals surface area (Å²) >= 11 is 12.6. The molecule has 2 aliphatic rings. The van der Waals surface area contributed by atoms with E-state index in [9.17, 15) is 13.2 Å². The van der Waals surface area contributed by atoms with E-state index in [-0.39, 0.29) is 16.7 Å². The fourth-order valence-electron chi connectivity index (χ4n) is 4.71. The molecule has 2 fully saturated rings. The Morgan fingerprint density at radius 3 is 2.21 bits per heavy atom. The third-order valence-electron chi connectivity index (χ3n) is 6.64. The Labute approximate surface area is 212 Å². The second-order valence-electron chi connectivity index (χ2n) is 9.11. The summed E-state index contributed by atoms with van der Waals surface area (Å²) in [6.07, 6.45) is 5.65. The number of nitrogens with one attached hydrogen (secondary N) is 1. The first-order chi connectivity index (χ1) is 16.3. The second-order valence-corrected chi connectivity index (χ2v) is 11.9. The van der Waals surface area contributed by atoms with Gasteiger partial charge < -0.3 is 5.32 Å². The van der Waals surface area contributed by atoms with E-state index in [1.54, 1.807) is 28.6 Å². The van der Waals surface area contributed by atoms with Crippen LogP contribution in [-0.2, 0) is 21.4 Å². The van der Waals surface area contributed by atoms with E-state index in [2.05, 4.69) is 10.2 Å². The highest BCUT2D eigenvalue weighted by atomic mass is 35.5. The van der Waals surface area contributed by atoms with Crippen molar-refractivity contribution in [1.82, 2.24) is 9.21 Å². The van der Waals surface area contributed by atoms with Gasteiger partial charge in [-0.1, -0.05) is 42.1 Å². The number of likely N-dealkylation sites (tertiary alicyclic amines) is 1. The molecule has 9 heteroatoms. The van der Waals surface area contributed by atoms with E-state index >= 15 is 0 Å². The van der Waals surface area contributed by atoms with Gasteiger partial charge in [-0.25, -0.2) is 8.42 Å². The minimum absolute atomic E-state index is 0.0573. The third-order valence-corrected chi connectivity index (χ3v) is 9.27. The average Bonchev–Trinajstić information content (AvgIpc) is 3.12. The molecule has 1 N–H and O–H groups in total. The topological polar surface area (TPSA) is 69.7 Å². The molecule has 0 bridgehead atoms. The van der Waals surface area contributed by atoms with E-state index in [0.717, 1.165) is 50.6 Å². The zero-order chi connectivity index (χ0) is 24.1. The number of carbonyl (C=O) groups is 1. The first-order valence-electron chi connectivity index (χ1n) is 11.9. The lowest BCUT2D eigenvalue weighted by Crippen LogP contribution is -2.40. The van der Waals surface area contributed by atoms with Gasteiger partial charge in [-0.05, 0) is 68.6 Å². The summed E-state index contributed by atoms with van der Waals surface area (Å²) in [5, 5.41) is 4.23. The smallest absolute Gasteiger partial charge is 0.243 e. The van der Waals surface area contributed by atoms with Gasteiger partial charge in [0.1, 0.15) is 0 Å². The van der Waals surface area contributed by atoms with Gasteiger partial charge in [0.05, 0.1) is 10.8 Å². The molecule has 2 saturated heterocycles. The fraction of sp³-hybridized carbons (Fsp3) is 0.480. The molecule has 2 aliphatic heterocycles. The second kappa shape index (κ2) is 11.4. The van der Waals surface area contributed by atoms with Gasteiger partial charge in [-0.15, -0.1) is 0 Å². The highest BCUT2D eigenvalue weighted by Gasteiger charge is 2.28. The molecular formula is C25H31Cl2N3O3S. The van der Waals surface area contributed by atoms with Gasteiger partial charge in [0.25, 0.3) is 0 Å². The summed E-state index contributed by atoms with van der Waals surface area (Å²) in [4.78, 5) is 15.4. The Morgan fingerprint density at radius 1 is 0.912 bits per heavy atom. The molecule has 1 amide bonds. The molecule has 2 aromatic carbocycles. The van der Waals surface area contributed by atoms with E-state index in [1.807, 2.05) is 18.2 Å². The first kappa shape index (κ1) is 25.5. The maximum Gasteiger partial charge on any atom is 0.243 e. The normalized spacial score (nSPS) is 20.6. The maximum atomic E-state index is 13.0. The van der Waals surface area contributed by atoms with Crippen LogP contribution in [0.15, 0.2) is 47.4 Å². The monoisotopic (exact) mass is 523 g/mol. The van der Waals surface area contributed by atoms with E-state index in [0.29, 0.717) is 41.9 Å². The molecule has 2 aromatic rings. The van der Waals surface area contributed by atoms with Crippen LogP contribution in [0.1, 0.15) is 44.1 Å². The molecular weight excluding hydrogens is 493 g/mol. The van der Waals surface area contributed by atoms with Gasteiger partial charge in [0.2, 0.25) is 15.9 Å². The van der Waals surface area contributed by atoms with Crippen LogP contribution >= 0.6 is 23.2 Å². The van der Waals surface area contributed by atoms with Crippen molar-refractivity contribution in [3.05, 3.63) is 58.1 Å². The molecule has 1 atom stereocenters. The van der Waals surface area contributed by atoms with E-state index < -0.39 is 10.0 Å². The third kappa shape index (κ3) is 6.13. The van der Waals surface area contributed by atoms with Crippen molar-refractivity contribution in [2.75, 3.05) is 31.5 Å². The summed E-state index contributed by atoms with van der Waals surface area (Å²) in [6.45, 7) is 3.24. The van der Waals surface area contributed by atoms with Crippen molar-refractivity contribution in [3.63, 3.8) is 0 Å². The van der Waals surface area contributed by atoms with Crippen LogP contribution in [0.4, 0.5) is 5.69 Å². The molecule has 6 nitrogen and oxygen atoms in total. The fourth-order valence-corrected chi connectivity index (χ4v) is 6.74. The van der Waals surface area contributed by atoms with Crippen LogP contribution in [-0.4, -0.2) is 49.7 Å². The van der Waals surface area contributed by atoms with Crippen molar-refractivity contribution in [2.24, 2.45) is 5.92 Å². The molecule has 2 heterocycles. The Kier molecular flexibility index (Phi) is 8.53. The lowest BCUT2D eigenvalue weighted by atomic mass is 9.96. The van der Waals surface area contributed by atoms with Gasteiger partial charge in [-0.3, -0.25) is 9.69 Å². The summed E-state index contributed by atoms with van der Waals surface area (Å²) in [6, 6.07) is 12.0. The molecule has 0 radical (unpaired) electrons. The number of carbonyl (C=O) groups excluding carboxylic acids is 1. The van der Waals surface area contributed by atoms with E-state index in [1.165, 1.54) is 0 Å². The van der Waals surface area contributed by atoms with Crippen LogP contribution in [0, 0.1) is 5.92 Å². The number of piperidine rings is 1. The number of nitrogens with zero attached hydrogens (tertiary/aromatic N) is 2. The zero-order valence-corrected chi connectivity index (χ0v) is 21.5. The summed E-state index contributed by atoms with van der Waals surface area (Å²) in [5.41, 5.74) is 1.49.